The topological polar surface area (TPSA) is 61.9 Å². The fourth-order valence-corrected chi connectivity index (χ4v) is 5.55. The van der Waals surface area contributed by atoms with Crippen LogP contribution in [0.4, 0.5) is 5.69 Å². The van der Waals surface area contributed by atoms with Gasteiger partial charge in [0.1, 0.15) is 5.82 Å². The predicted octanol–water partition coefficient (Wildman–Crippen LogP) is 7.43. The number of unbranched alkanes of at least 4 members (excludes halogenated alkanes) is 1. The van der Waals surface area contributed by atoms with Gasteiger partial charge in [-0.3, -0.25) is 4.79 Å². The number of nitrogens with zero attached hydrogens (tertiary/aromatic N) is 4. The van der Waals surface area contributed by atoms with E-state index < -0.39 is 0 Å². The van der Waals surface area contributed by atoms with Gasteiger partial charge in [0.05, 0.1) is 29.2 Å². The molecule has 0 saturated heterocycles. The number of carbonyl (C=O) groups is 1. The molecule has 0 aliphatic carbocycles. The number of rotatable bonds is 7. The Hall–Kier alpha value is -4.69. The molecular weight excluding hydrogens is 480 g/mol. The van der Waals surface area contributed by atoms with Crippen molar-refractivity contribution in [3.63, 3.8) is 0 Å². The van der Waals surface area contributed by atoms with Crippen LogP contribution in [0.1, 0.15) is 58.2 Å². The van der Waals surface area contributed by atoms with Crippen LogP contribution in [0.3, 0.4) is 0 Å². The van der Waals surface area contributed by atoms with Gasteiger partial charge in [0.25, 0.3) is 5.91 Å². The van der Waals surface area contributed by atoms with Crippen molar-refractivity contribution in [3.05, 3.63) is 119 Å². The quantitative estimate of drug-likeness (QED) is 0.229. The number of carbonyl (C=O) groups excluding carboxylic acids is 1. The van der Waals surface area contributed by atoms with Gasteiger partial charge in [0.15, 0.2) is 0 Å². The third-order valence-corrected chi connectivity index (χ3v) is 7.65. The van der Waals surface area contributed by atoms with E-state index in [-0.39, 0.29) is 5.91 Å². The molecule has 2 heterocycles. The maximum absolute atomic E-state index is 13.2. The first-order chi connectivity index (χ1) is 19.1. The SMILES string of the molecule is CCCCc1nc2c(C)cc(N3Cc4ccccc4C3=O)cc2n1Cc1ccc(-c2ccccc2C#N)cc1. The zero-order valence-corrected chi connectivity index (χ0v) is 22.3. The van der Waals surface area contributed by atoms with Crippen LogP contribution in [0.5, 0.6) is 0 Å². The number of nitriles is 1. The molecule has 1 aromatic heterocycles. The minimum absolute atomic E-state index is 0.0508. The van der Waals surface area contributed by atoms with Crippen molar-refractivity contribution < 1.29 is 4.79 Å². The lowest BCUT2D eigenvalue weighted by Crippen LogP contribution is -2.23. The zero-order valence-electron chi connectivity index (χ0n) is 22.3. The Morgan fingerprint density at radius 2 is 1.69 bits per heavy atom. The molecule has 1 aliphatic heterocycles. The molecule has 0 atom stereocenters. The number of aromatic nitrogens is 2. The van der Waals surface area contributed by atoms with Gasteiger partial charge >= 0.3 is 0 Å². The molecule has 1 aliphatic rings. The van der Waals surface area contributed by atoms with Gasteiger partial charge in [-0.05, 0) is 65.4 Å². The fourth-order valence-electron chi connectivity index (χ4n) is 5.55. The Kier molecular flexibility index (Phi) is 6.46. The number of imidazole rings is 1. The normalized spacial score (nSPS) is 12.6. The van der Waals surface area contributed by atoms with Crippen LogP contribution in [-0.4, -0.2) is 15.5 Å². The molecule has 0 bridgehead atoms. The first-order valence-corrected chi connectivity index (χ1v) is 13.6. The van der Waals surface area contributed by atoms with E-state index in [2.05, 4.69) is 60.9 Å². The number of hydrogen-bond donors (Lipinski definition) is 0. The molecule has 192 valence electrons. The van der Waals surface area contributed by atoms with Crippen LogP contribution in [0.25, 0.3) is 22.2 Å². The molecule has 0 unspecified atom stereocenters. The fraction of sp³-hybridized carbons (Fsp3) is 0.206. The minimum atomic E-state index is 0.0508. The standard InChI is InChI=1S/C34H30N4O/c1-3-4-13-32-36-33-23(2)18-28(37-22-27-10-6-8-12-30(27)34(37)39)19-31(33)38(32)21-24-14-16-25(17-15-24)29-11-7-5-9-26(29)20-35/h5-12,14-19H,3-4,13,21-22H2,1-2H3. The maximum atomic E-state index is 13.2. The molecule has 6 rings (SSSR count). The lowest BCUT2D eigenvalue weighted by Gasteiger charge is -2.18. The molecule has 0 N–H and O–H groups in total. The van der Waals surface area contributed by atoms with E-state index in [1.165, 1.54) is 0 Å². The van der Waals surface area contributed by atoms with Crippen molar-refractivity contribution >= 4 is 22.6 Å². The Bertz CT molecular complexity index is 1740. The minimum Gasteiger partial charge on any atom is -0.323 e. The summed E-state index contributed by atoms with van der Waals surface area (Å²) in [6.07, 6.45) is 3.07. The molecule has 0 saturated carbocycles. The number of aryl methyl sites for hydroxylation is 2. The van der Waals surface area contributed by atoms with Gasteiger partial charge in [-0.25, -0.2) is 4.98 Å². The van der Waals surface area contributed by atoms with Gasteiger partial charge in [-0.15, -0.1) is 0 Å². The summed E-state index contributed by atoms with van der Waals surface area (Å²) in [6.45, 7) is 5.56. The zero-order chi connectivity index (χ0) is 26.9. The van der Waals surface area contributed by atoms with E-state index in [9.17, 15) is 10.1 Å². The summed E-state index contributed by atoms with van der Waals surface area (Å²) in [7, 11) is 0. The molecular formula is C34H30N4O. The second-order valence-electron chi connectivity index (χ2n) is 10.3. The molecule has 4 aromatic carbocycles. The second kappa shape index (κ2) is 10.2. The van der Waals surface area contributed by atoms with Gasteiger partial charge in [-0.2, -0.15) is 5.26 Å². The Balaban J connectivity index is 1.38. The molecule has 0 spiro atoms. The molecule has 39 heavy (non-hydrogen) atoms. The average molecular weight is 511 g/mol. The van der Waals surface area contributed by atoms with Crippen LogP contribution >= 0.6 is 0 Å². The second-order valence-corrected chi connectivity index (χ2v) is 10.3. The largest absolute Gasteiger partial charge is 0.323 e. The summed E-state index contributed by atoms with van der Waals surface area (Å²) in [6, 6.07) is 30.5. The number of hydrogen-bond acceptors (Lipinski definition) is 3. The number of fused-ring (bicyclic) bond motifs is 2. The summed E-state index contributed by atoms with van der Waals surface area (Å²) >= 11 is 0. The smallest absolute Gasteiger partial charge is 0.258 e. The molecule has 5 nitrogen and oxygen atoms in total. The van der Waals surface area contributed by atoms with Crippen molar-refractivity contribution in [2.45, 2.75) is 46.2 Å². The summed E-state index contributed by atoms with van der Waals surface area (Å²) in [5, 5.41) is 9.51. The summed E-state index contributed by atoms with van der Waals surface area (Å²) in [4.78, 5) is 20.2. The van der Waals surface area contributed by atoms with Gasteiger partial charge in [0, 0.05) is 24.2 Å². The molecule has 5 heteroatoms. The highest BCUT2D eigenvalue weighted by Gasteiger charge is 2.29. The third kappa shape index (κ3) is 4.49. The maximum Gasteiger partial charge on any atom is 0.258 e. The first-order valence-electron chi connectivity index (χ1n) is 13.6. The van der Waals surface area contributed by atoms with E-state index in [1.807, 2.05) is 53.4 Å². The molecule has 1 amide bonds. The number of anilines is 1. The lowest BCUT2D eigenvalue weighted by atomic mass is 9.99. The summed E-state index contributed by atoms with van der Waals surface area (Å²) in [5.41, 5.74) is 9.70. The highest BCUT2D eigenvalue weighted by Crippen LogP contribution is 2.33. The summed E-state index contributed by atoms with van der Waals surface area (Å²) < 4.78 is 2.31. The van der Waals surface area contributed by atoms with Crippen molar-refractivity contribution in [1.29, 1.82) is 5.26 Å². The molecule has 5 aromatic rings. The number of benzene rings is 4. The summed E-state index contributed by atoms with van der Waals surface area (Å²) in [5.74, 6) is 1.12. The highest BCUT2D eigenvalue weighted by molar-refractivity contribution is 6.10. The van der Waals surface area contributed by atoms with Gasteiger partial charge < -0.3 is 9.47 Å². The first kappa shape index (κ1) is 24.6. The van der Waals surface area contributed by atoms with Crippen molar-refractivity contribution in [3.8, 4) is 17.2 Å². The predicted molar refractivity (Wildman–Crippen MR) is 156 cm³/mol. The molecule has 0 radical (unpaired) electrons. The van der Waals surface area contributed by atoms with E-state index in [1.54, 1.807) is 0 Å². The van der Waals surface area contributed by atoms with E-state index in [0.717, 1.165) is 75.2 Å². The van der Waals surface area contributed by atoms with Crippen LogP contribution in [0, 0.1) is 18.3 Å². The van der Waals surface area contributed by atoms with Crippen LogP contribution < -0.4 is 4.90 Å². The van der Waals surface area contributed by atoms with Crippen molar-refractivity contribution in [2.75, 3.05) is 4.90 Å². The van der Waals surface area contributed by atoms with Crippen LogP contribution in [0.15, 0.2) is 84.9 Å². The monoisotopic (exact) mass is 510 g/mol. The van der Waals surface area contributed by atoms with E-state index in [4.69, 9.17) is 4.98 Å². The number of amides is 1. The average Bonchev–Trinajstić information content (AvgIpc) is 3.50. The van der Waals surface area contributed by atoms with Crippen molar-refractivity contribution in [2.24, 2.45) is 0 Å². The van der Waals surface area contributed by atoms with Gasteiger partial charge in [0.2, 0.25) is 0 Å². The molecule has 0 fully saturated rings. The highest BCUT2D eigenvalue weighted by atomic mass is 16.2. The Labute approximate surface area is 229 Å². The lowest BCUT2D eigenvalue weighted by molar-refractivity contribution is 0.0996. The van der Waals surface area contributed by atoms with Crippen LogP contribution in [-0.2, 0) is 19.5 Å². The third-order valence-electron chi connectivity index (χ3n) is 7.65. The van der Waals surface area contributed by atoms with Crippen molar-refractivity contribution in [1.82, 2.24) is 9.55 Å². The van der Waals surface area contributed by atoms with E-state index in [0.29, 0.717) is 18.7 Å². The van der Waals surface area contributed by atoms with Crippen LogP contribution in [0.2, 0.25) is 0 Å². The Morgan fingerprint density at radius 3 is 2.44 bits per heavy atom. The Morgan fingerprint density at radius 1 is 0.949 bits per heavy atom. The van der Waals surface area contributed by atoms with Gasteiger partial charge in [-0.1, -0.05) is 74.0 Å². The van der Waals surface area contributed by atoms with E-state index >= 15 is 0 Å².